The fourth-order valence-corrected chi connectivity index (χ4v) is 2.13. The highest BCUT2D eigenvalue weighted by Crippen LogP contribution is 2.30. The SMILES string of the molecule is CC(C)(C)SCC(C)(NC1CC1)C(=O)O. The second kappa shape index (κ2) is 4.34. The van der Waals surface area contributed by atoms with Gasteiger partial charge in [0.05, 0.1) is 0 Å². The molecule has 88 valence electrons. The Morgan fingerprint density at radius 1 is 1.40 bits per heavy atom. The van der Waals surface area contributed by atoms with E-state index < -0.39 is 11.5 Å². The normalized spacial score (nSPS) is 21.1. The van der Waals surface area contributed by atoms with Crippen molar-refractivity contribution in [3.8, 4) is 0 Å². The molecule has 0 aromatic heterocycles. The van der Waals surface area contributed by atoms with E-state index in [2.05, 4.69) is 26.1 Å². The Morgan fingerprint density at radius 3 is 2.27 bits per heavy atom. The fraction of sp³-hybridized carbons (Fsp3) is 0.909. The topological polar surface area (TPSA) is 49.3 Å². The van der Waals surface area contributed by atoms with E-state index in [-0.39, 0.29) is 4.75 Å². The number of carboxylic acids is 1. The third-order valence-electron chi connectivity index (χ3n) is 2.37. The molecule has 0 bridgehead atoms. The highest BCUT2D eigenvalue weighted by molar-refractivity contribution is 8.00. The van der Waals surface area contributed by atoms with Gasteiger partial charge in [0.15, 0.2) is 0 Å². The highest BCUT2D eigenvalue weighted by atomic mass is 32.2. The van der Waals surface area contributed by atoms with Gasteiger partial charge in [0.25, 0.3) is 0 Å². The minimum Gasteiger partial charge on any atom is -0.480 e. The lowest BCUT2D eigenvalue weighted by Crippen LogP contribution is -2.53. The van der Waals surface area contributed by atoms with Crippen LogP contribution >= 0.6 is 11.8 Å². The van der Waals surface area contributed by atoms with Crippen LogP contribution in [0.25, 0.3) is 0 Å². The first-order chi connectivity index (χ1) is 6.73. The van der Waals surface area contributed by atoms with Gasteiger partial charge >= 0.3 is 5.97 Å². The van der Waals surface area contributed by atoms with Gasteiger partial charge in [-0.3, -0.25) is 10.1 Å². The average molecular weight is 231 g/mol. The number of aliphatic carboxylic acids is 1. The molecular weight excluding hydrogens is 210 g/mol. The summed E-state index contributed by atoms with van der Waals surface area (Å²) in [7, 11) is 0. The molecule has 1 rings (SSSR count). The van der Waals surface area contributed by atoms with Gasteiger partial charge in [-0.15, -0.1) is 0 Å². The van der Waals surface area contributed by atoms with Crippen molar-refractivity contribution in [1.29, 1.82) is 0 Å². The molecule has 1 aliphatic rings. The minimum absolute atomic E-state index is 0.113. The smallest absolute Gasteiger partial charge is 0.324 e. The number of carbonyl (C=O) groups is 1. The van der Waals surface area contributed by atoms with Crippen molar-refractivity contribution in [2.75, 3.05) is 5.75 Å². The Morgan fingerprint density at radius 2 is 1.93 bits per heavy atom. The lowest BCUT2D eigenvalue weighted by atomic mass is 10.1. The Labute approximate surface area is 96.0 Å². The van der Waals surface area contributed by atoms with Crippen LogP contribution in [-0.4, -0.2) is 33.2 Å². The molecule has 0 aromatic carbocycles. The molecule has 0 heterocycles. The van der Waals surface area contributed by atoms with Gasteiger partial charge in [-0.25, -0.2) is 0 Å². The van der Waals surface area contributed by atoms with E-state index in [1.54, 1.807) is 18.7 Å². The maximum atomic E-state index is 11.2. The van der Waals surface area contributed by atoms with Crippen LogP contribution in [0.2, 0.25) is 0 Å². The molecule has 0 radical (unpaired) electrons. The summed E-state index contributed by atoms with van der Waals surface area (Å²) in [6.45, 7) is 8.11. The predicted molar refractivity (Wildman–Crippen MR) is 64.4 cm³/mol. The van der Waals surface area contributed by atoms with Crippen molar-refractivity contribution >= 4 is 17.7 Å². The quantitative estimate of drug-likeness (QED) is 0.761. The van der Waals surface area contributed by atoms with Crippen LogP contribution in [0.4, 0.5) is 0 Å². The molecule has 2 N–H and O–H groups in total. The number of hydrogen-bond acceptors (Lipinski definition) is 3. The van der Waals surface area contributed by atoms with E-state index >= 15 is 0 Å². The minimum atomic E-state index is -0.779. The molecule has 0 spiro atoms. The van der Waals surface area contributed by atoms with Crippen molar-refractivity contribution < 1.29 is 9.90 Å². The van der Waals surface area contributed by atoms with Crippen molar-refractivity contribution in [3.05, 3.63) is 0 Å². The van der Waals surface area contributed by atoms with Crippen LogP contribution in [0, 0.1) is 0 Å². The second-order valence-corrected chi connectivity index (χ2v) is 7.26. The summed E-state index contributed by atoms with van der Waals surface area (Å²) in [5.74, 6) is -0.131. The van der Waals surface area contributed by atoms with E-state index in [0.717, 1.165) is 12.8 Å². The molecule has 0 amide bonds. The monoisotopic (exact) mass is 231 g/mol. The zero-order valence-electron chi connectivity index (χ0n) is 9.96. The molecule has 15 heavy (non-hydrogen) atoms. The van der Waals surface area contributed by atoms with Crippen LogP contribution in [0.5, 0.6) is 0 Å². The Balaban J connectivity index is 2.52. The average Bonchev–Trinajstić information content (AvgIpc) is 2.83. The van der Waals surface area contributed by atoms with Crippen LogP contribution in [0.1, 0.15) is 40.5 Å². The zero-order chi connectivity index (χ0) is 11.7. The summed E-state index contributed by atoms with van der Waals surface area (Å²) in [6.07, 6.45) is 2.23. The first-order valence-electron chi connectivity index (χ1n) is 5.38. The number of rotatable bonds is 5. The van der Waals surface area contributed by atoms with Crippen LogP contribution in [0.3, 0.4) is 0 Å². The van der Waals surface area contributed by atoms with Crippen LogP contribution in [0.15, 0.2) is 0 Å². The first kappa shape index (κ1) is 12.8. The summed E-state index contributed by atoms with van der Waals surface area (Å²) in [5, 5.41) is 12.4. The van der Waals surface area contributed by atoms with Crippen LogP contribution in [-0.2, 0) is 4.79 Å². The van der Waals surface area contributed by atoms with Gasteiger partial charge in [-0.05, 0) is 19.8 Å². The zero-order valence-corrected chi connectivity index (χ0v) is 10.8. The molecule has 1 fully saturated rings. The lowest BCUT2D eigenvalue weighted by molar-refractivity contribution is -0.143. The summed E-state index contributed by atoms with van der Waals surface area (Å²) in [4.78, 5) is 11.2. The molecule has 1 atom stereocenters. The number of thioether (sulfide) groups is 1. The molecule has 3 nitrogen and oxygen atoms in total. The second-order valence-electron chi connectivity index (χ2n) is 5.46. The highest BCUT2D eigenvalue weighted by Gasteiger charge is 2.39. The Kier molecular flexibility index (Phi) is 3.71. The van der Waals surface area contributed by atoms with Gasteiger partial charge in [0.1, 0.15) is 5.54 Å². The van der Waals surface area contributed by atoms with Crippen molar-refractivity contribution in [1.82, 2.24) is 5.32 Å². The van der Waals surface area contributed by atoms with Gasteiger partial charge in [-0.1, -0.05) is 20.8 Å². The number of nitrogens with one attached hydrogen (secondary N) is 1. The Hall–Kier alpha value is -0.220. The van der Waals surface area contributed by atoms with Gasteiger partial charge in [0, 0.05) is 16.5 Å². The van der Waals surface area contributed by atoms with E-state index in [1.807, 2.05) is 0 Å². The standard InChI is InChI=1S/C11H21NO2S/c1-10(2,3)15-7-11(4,9(13)14)12-8-5-6-8/h8,12H,5-7H2,1-4H3,(H,13,14). The summed E-state index contributed by atoms with van der Waals surface area (Å²) < 4.78 is 0.113. The Bertz CT molecular complexity index is 245. The maximum absolute atomic E-state index is 11.2. The largest absolute Gasteiger partial charge is 0.480 e. The van der Waals surface area contributed by atoms with Gasteiger partial charge in [0.2, 0.25) is 0 Å². The first-order valence-corrected chi connectivity index (χ1v) is 6.36. The number of carboxylic acid groups (broad SMARTS) is 1. The molecule has 0 aromatic rings. The lowest BCUT2D eigenvalue weighted by Gasteiger charge is -2.29. The summed E-state index contributed by atoms with van der Waals surface area (Å²) in [6, 6.07) is 0.423. The van der Waals surface area contributed by atoms with Crippen molar-refractivity contribution in [2.45, 2.75) is 56.9 Å². The summed E-state index contributed by atoms with van der Waals surface area (Å²) in [5.41, 5.74) is -0.779. The van der Waals surface area contributed by atoms with E-state index in [9.17, 15) is 9.90 Å². The maximum Gasteiger partial charge on any atom is 0.324 e. The van der Waals surface area contributed by atoms with E-state index in [4.69, 9.17) is 0 Å². The number of hydrogen-bond donors (Lipinski definition) is 2. The fourth-order valence-electron chi connectivity index (χ4n) is 1.20. The molecule has 1 unspecified atom stereocenters. The molecule has 1 aliphatic carbocycles. The molecule has 0 saturated heterocycles. The van der Waals surface area contributed by atoms with Gasteiger partial charge < -0.3 is 5.11 Å². The third-order valence-corrected chi connectivity index (χ3v) is 3.95. The molecule has 4 heteroatoms. The van der Waals surface area contributed by atoms with E-state index in [1.165, 1.54) is 0 Å². The predicted octanol–water partition coefficient (Wildman–Crippen LogP) is 2.11. The van der Waals surface area contributed by atoms with Crippen molar-refractivity contribution in [3.63, 3.8) is 0 Å². The third kappa shape index (κ3) is 4.43. The van der Waals surface area contributed by atoms with Gasteiger partial charge in [-0.2, -0.15) is 11.8 Å². The van der Waals surface area contributed by atoms with Crippen LogP contribution < -0.4 is 5.32 Å². The van der Waals surface area contributed by atoms with E-state index in [0.29, 0.717) is 11.8 Å². The molecule has 1 saturated carbocycles. The molecule has 0 aliphatic heterocycles. The van der Waals surface area contributed by atoms with Crippen molar-refractivity contribution in [2.24, 2.45) is 0 Å². The molecular formula is C11H21NO2S. The summed E-state index contributed by atoms with van der Waals surface area (Å²) >= 11 is 1.70.